The molecule has 1 saturated heterocycles. The summed E-state index contributed by atoms with van der Waals surface area (Å²) in [6, 6.07) is 6.12. The fraction of sp³-hybridized carbons (Fsp3) is 0.571. The summed E-state index contributed by atoms with van der Waals surface area (Å²) < 4.78 is 22.4. The van der Waals surface area contributed by atoms with Crippen molar-refractivity contribution in [1.29, 1.82) is 0 Å². The molecule has 0 amide bonds. The zero-order valence-electron chi connectivity index (χ0n) is 11.1. The summed E-state index contributed by atoms with van der Waals surface area (Å²) in [4.78, 5) is 0. The Kier molecular flexibility index (Phi) is 3.87. The minimum absolute atomic E-state index is 0.0290. The minimum atomic E-state index is 0.0290. The molecular formula is C14H19NO4. The number of benzene rings is 1. The second kappa shape index (κ2) is 5.77. The van der Waals surface area contributed by atoms with Gasteiger partial charge in [0.1, 0.15) is 19.3 Å². The molecule has 104 valence electrons. The van der Waals surface area contributed by atoms with Gasteiger partial charge in [0.15, 0.2) is 11.5 Å². The van der Waals surface area contributed by atoms with Gasteiger partial charge in [-0.3, -0.25) is 0 Å². The molecule has 3 rings (SSSR count). The average Bonchev–Trinajstić information content (AvgIpc) is 2.49. The molecule has 1 aromatic rings. The Morgan fingerprint density at radius 2 is 1.95 bits per heavy atom. The maximum Gasteiger partial charge on any atom is 0.161 e. The number of fused-ring (bicyclic) bond motifs is 1. The largest absolute Gasteiger partial charge is 0.486 e. The Balaban J connectivity index is 1.82. The first-order valence-electron chi connectivity index (χ1n) is 6.64. The zero-order chi connectivity index (χ0) is 13.1. The molecule has 0 saturated carbocycles. The van der Waals surface area contributed by atoms with E-state index in [1.807, 2.05) is 25.2 Å². The quantitative estimate of drug-likeness (QED) is 0.888. The maximum absolute atomic E-state index is 5.77. The number of rotatable bonds is 3. The van der Waals surface area contributed by atoms with Gasteiger partial charge in [0, 0.05) is 0 Å². The highest BCUT2D eigenvalue weighted by molar-refractivity contribution is 5.44. The SMILES string of the molecule is CNC(c1ccc2c(c1)OCCO2)C1COCCO1. The van der Waals surface area contributed by atoms with E-state index >= 15 is 0 Å². The number of nitrogens with one attached hydrogen (secondary N) is 1. The van der Waals surface area contributed by atoms with Crippen molar-refractivity contribution in [2.45, 2.75) is 12.1 Å². The molecule has 1 aromatic carbocycles. The molecule has 19 heavy (non-hydrogen) atoms. The van der Waals surface area contributed by atoms with E-state index in [9.17, 15) is 0 Å². The van der Waals surface area contributed by atoms with Crippen molar-refractivity contribution in [3.8, 4) is 11.5 Å². The Morgan fingerprint density at radius 3 is 2.68 bits per heavy atom. The Labute approximate surface area is 112 Å². The summed E-state index contributed by atoms with van der Waals surface area (Å²) in [7, 11) is 1.93. The third-order valence-corrected chi connectivity index (χ3v) is 3.45. The first kappa shape index (κ1) is 12.7. The van der Waals surface area contributed by atoms with E-state index in [-0.39, 0.29) is 12.1 Å². The average molecular weight is 265 g/mol. The maximum atomic E-state index is 5.77. The lowest BCUT2D eigenvalue weighted by Crippen LogP contribution is -2.39. The molecule has 0 aliphatic carbocycles. The van der Waals surface area contributed by atoms with Gasteiger partial charge in [0.05, 0.1) is 25.9 Å². The lowest BCUT2D eigenvalue weighted by molar-refractivity contribution is -0.101. The van der Waals surface area contributed by atoms with E-state index in [1.54, 1.807) is 0 Å². The highest BCUT2D eigenvalue weighted by Gasteiger charge is 2.26. The summed E-state index contributed by atoms with van der Waals surface area (Å²) in [5.41, 5.74) is 1.13. The van der Waals surface area contributed by atoms with Crippen LogP contribution >= 0.6 is 0 Å². The van der Waals surface area contributed by atoms with Crippen LogP contribution in [0.1, 0.15) is 11.6 Å². The topological polar surface area (TPSA) is 49.0 Å². The predicted molar refractivity (Wildman–Crippen MR) is 69.8 cm³/mol. The van der Waals surface area contributed by atoms with Crippen LogP contribution in [-0.2, 0) is 9.47 Å². The van der Waals surface area contributed by atoms with Gasteiger partial charge in [-0.15, -0.1) is 0 Å². The van der Waals surface area contributed by atoms with Crippen molar-refractivity contribution >= 4 is 0 Å². The second-order valence-corrected chi connectivity index (χ2v) is 4.65. The summed E-state index contributed by atoms with van der Waals surface area (Å²) in [6.45, 7) is 3.15. The fourth-order valence-electron chi connectivity index (χ4n) is 2.52. The molecule has 2 aliphatic heterocycles. The van der Waals surface area contributed by atoms with E-state index in [2.05, 4.69) is 5.32 Å². The molecule has 5 nitrogen and oxygen atoms in total. The van der Waals surface area contributed by atoms with Crippen LogP contribution in [0.15, 0.2) is 18.2 Å². The minimum Gasteiger partial charge on any atom is -0.486 e. The Morgan fingerprint density at radius 1 is 1.11 bits per heavy atom. The van der Waals surface area contributed by atoms with E-state index in [1.165, 1.54) is 0 Å². The Hall–Kier alpha value is -1.30. The number of likely N-dealkylation sites (N-methyl/N-ethyl adjacent to an activating group) is 1. The monoisotopic (exact) mass is 265 g/mol. The predicted octanol–water partition coefficient (Wildman–Crippen LogP) is 1.13. The highest BCUT2D eigenvalue weighted by atomic mass is 16.6. The van der Waals surface area contributed by atoms with E-state index < -0.39 is 0 Å². The van der Waals surface area contributed by atoms with Crippen LogP contribution in [0.5, 0.6) is 11.5 Å². The van der Waals surface area contributed by atoms with Gasteiger partial charge in [-0.05, 0) is 24.7 Å². The molecule has 0 bridgehead atoms. The van der Waals surface area contributed by atoms with Gasteiger partial charge in [-0.2, -0.15) is 0 Å². The first-order valence-corrected chi connectivity index (χ1v) is 6.64. The van der Waals surface area contributed by atoms with Crippen LogP contribution in [0.2, 0.25) is 0 Å². The van der Waals surface area contributed by atoms with Crippen molar-refractivity contribution in [3.63, 3.8) is 0 Å². The number of ether oxygens (including phenoxy) is 4. The number of hydrogen-bond acceptors (Lipinski definition) is 5. The lowest BCUT2D eigenvalue weighted by Gasteiger charge is -2.31. The summed E-state index contributed by atoms with van der Waals surface area (Å²) in [5, 5.41) is 3.29. The van der Waals surface area contributed by atoms with Gasteiger partial charge in [-0.1, -0.05) is 6.07 Å². The number of hydrogen-bond donors (Lipinski definition) is 1. The summed E-state index contributed by atoms with van der Waals surface area (Å²) >= 11 is 0. The van der Waals surface area contributed by atoms with E-state index in [0.29, 0.717) is 33.0 Å². The molecule has 0 spiro atoms. The Bertz CT molecular complexity index is 431. The molecule has 2 unspecified atom stereocenters. The van der Waals surface area contributed by atoms with Gasteiger partial charge in [0.25, 0.3) is 0 Å². The van der Waals surface area contributed by atoms with Crippen molar-refractivity contribution in [3.05, 3.63) is 23.8 Å². The standard InChI is InChI=1S/C14H19NO4/c1-15-14(13-9-16-4-5-19-13)10-2-3-11-12(8-10)18-7-6-17-11/h2-3,8,13-15H,4-7,9H2,1H3. The molecule has 2 aliphatic rings. The van der Waals surface area contributed by atoms with Crippen LogP contribution in [-0.4, -0.2) is 46.2 Å². The third kappa shape index (κ3) is 2.68. The third-order valence-electron chi connectivity index (χ3n) is 3.45. The van der Waals surface area contributed by atoms with Crippen LogP contribution in [0.4, 0.5) is 0 Å². The van der Waals surface area contributed by atoms with Gasteiger partial charge in [-0.25, -0.2) is 0 Å². The van der Waals surface area contributed by atoms with E-state index in [0.717, 1.165) is 17.1 Å². The molecule has 0 radical (unpaired) electrons. The summed E-state index contributed by atoms with van der Waals surface area (Å²) in [5.74, 6) is 1.62. The van der Waals surface area contributed by atoms with Crippen LogP contribution < -0.4 is 14.8 Å². The zero-order valence-corrected chi connectivity index (χ0v) is 11.1. The lowest BCUT2D eigenvalue weighted by atomic mass is 10.0. The van der Waals surface area contributed by atoms with Gasteiger partial charge >= 0.3 is 0 Å². The molecule has 2 atom stereocenters. The van der Waals surface area contributed by atoms with Gasteiger partial charge in [0.2, 0.25) is 0 Å². The van der Waals surface area contributed by atoms with Crippen molar-refractivity contribution in [2.75, 3.05) is 40.1 Å². The molecule has 5 heteroatoms. The fourth-order valence-corrected chi connectivity index (χ4v) is 2.52. The van der Waals surface area contributed by atoms with E-state index in [4.69, 9.17) is 18.9 Å². The van der Waals surface area contributed by atoms with Crippen molar-refractivity contribution in [2.24, 2.45) is 0 Å². The van der Waals surface area contributed by atoms with Gasteiger partial charge < -0.3 is 24.3 Å². The second-order valence-electron chi connectivity index (χ2n) is 4.65. The normalized spacial score (nSPS) is 23.9. The molecular weight excluding hydrogens is 246 g/mol. The molecule has 1 fully saturated rings. The summed E-state index contributed by atoms with van der Waals surface area (Å²) in [6.07, 6.45) is 0.0290. The highest BCUT2D eigenvalue weighted by Crippen LogP contribution is 2.34. The molecule has 2 heterocycles. The molecule has 0 aromatic heterocycles. The van der Waals surface area contributed by atoms with Crippen LogP contribution in [0.3, 0.4) is 0 Å². The molecule has 1 N–H and O–H groups in total. The smallest absolute Gasteiger partial charge is 0.161 e. The van der Waals surface area contributed by atoms with Crippen LogP contribution in [0.25, 0.3) is 0 Å². The van der Waals surface area contributed by atoms with Crippen molar-refractivity contribution in [1.82, 2.24) is 5.32 Å². The van der Waals surface area contributed by atoms with Crippen molar-refractivity contribution < 1.29 is 18.9 Å². The first-order chi connectivity index (χ1) is 9.38. The van der Waals surface area contributed by atoms with Crippen LogP contribution in [0, 0.1) is 0 Å².